The fourth-order valence-electron chi connectivity index (χ4n) is 2.95. The normalized spacial score (nSPS) is 11.8. The third-order valence-corrected chi connectivity index (χ3v) is 4.20. The van der Waals surface area contributed by atoms with Crippen LogP contribution in [0.2, 0.25) is 0 Å². The van der Waals surface area contributed by atoms with Crippen molar-refractivity contribution >= 4 is 5.91 Å². The number of rotatable bonds is 5. The number of H-pyrrole nitrogens is 1. The molecule has 0 saturated carbocycles. The Balaban J connectivity index is 1.98. The molecule has 0 aliphatic carbocycles. The van der Waals surface area contributed by atoms with E-state index < -0.39 is 0 Å². The quantitative estimate of drug-likeness (QED) is 0.726. The number of aromatic amines is 1. The van der Waals surface area contributed by atoms with Gasteiger partial charge in [-0.25, -0.2) is 0 Å². The summed E-state index contributed by atoms with van der Waals surface area (Å²) in [7, 11) is 1.61. The Kier molecular flexibility index (Phi) is 5.07. The van der Waals surface area contributed by atoms with Crippen LogP contribution < -0.4 is 10.1 Å². The summed E-state index contributed by atoms with van der Waals surface area (Å²) < 4.78 is 6.11. The molecule has 0 fully saturated rings. The lowest BCUT2D eigenvalue weighted by Crippen LogP contribution is -2.19. The van der Waals surface area contributed by atoms with Crippen molar-refractivity contribution in [2.45, 2.75) is 26.9 Å². The molecule has 1 atom stereocenters. The van der Waals surface area contributed by atoms with Crippen molar-refractivity contribution in [3.8, 4) is 17.0 Å². The first-order chi connectivity index (χ1) is 12.5. The van der Waals surface area contributed by atoms with Crippen LogP contribution in [0.5, 0.6) is 5.75 Å². The van der Waals surface area contributed by atoms with E-state index in [4.69, 9.17) is 4.74 Å². The molecule has 2 N–H and O–H groups in total. The first-order valence-corrected chi connectivity index (χ1v) is 8.60. The summed E-state index contributed by atoms with van der Waals surface area (Å²) in [4.78, 5) is 19.9. The maximum absolute atomic E-state index is 12.3. The SMILES string of the molecule is CNC(=O)c1[nH]c(-c2cc(C)nc(C)c2)cc1OC(C)c1ccccc1. The van der Waals surface area contributed by atoms with Crippen LogP contribution in [-0.4, -0.2) is 22.9 Å². The van der Waals surface area contributed by atoms with Gasteiger partial charge < -0.3 is 15.0 Å². The smallest absolute Gasteiger partial charge is 0.271 e. The van der Waals surface area contributed by atoms with Gasteiger partial charge in [0.25, 0.3) is 5.91 Å². The number of aryl methyl sites for hydroxylation is 2. The zero-order valence-corrected chi connectivity index (χ0v) is 15.5. The van der Waals surface area contributed by atoms with E-state index >= 15 is 0 Å². The van der Waals surface area contributed by atoms with Gasteiger partial charge in [-0.1, -0.05) is 30.3 Å². The van der Waals surface area contributed by atoms with Crippen molar-refractivity contribution in [2.75, 3.05) is 7.05 Å². The Morgan fingerprint density at radius 2 is 1.77 bits per heavy atom. The predicted molar refractivity (Wildman–Crippen MR) is 102 cm³/mol. The number of aromatic nitrogens is 2. The van der Waals surface area contributed by atoms with Gasteiger partial charge in [-0.15, -0.1) is 0 Å². The van der Waals surface area contributed by atoms with E-state index in [9.17, 15) is 4.79 Å². The maximum Gasteiger partial charge on any atom is 0.271 e. The van der Waals surface area contributed by atoms with Crippen LogP contribution in [0.1, 0.15) is 40.5 Å². The maximum atomic E-state index is 12.3. The molecule has 0 aliphatic rings. The second-order valence-corrected chi connectivity index (χ2v) is 6.31. The minimum absolute atomic E-state index is 0.177. The van der Waals surface area contributed by atoms with Crippen molar-refractivity contribution in [2.24, 2.45) is 0 Å². The zero-order valence-electron chi connectivity index (χ0n) is 15.5. The fraction of sp³-hybridized carbons (Fsp3) is 0.238. The topological polar surface area (TPSA) is 67.0 Å². The molecular weight excluding hydrogens is 326 g/mol. The second kappa shape index (κ2) is 7.44. The number of carbonyl (C=O) groups excluding carboxylic acids is 1. The van der Waals surface area contributed by atoms with Crippen molar-refractivity contribution in [1.82, 2.24) is 15.3 Å². The molecule has 5 heteroatoms. The lowest BCUT2D eigenvalue weighted by atomic mass is 10.1. The summed E-state index contributed by atoms with van der Waals surface area (Å²) in [5, 5.41) is 2.66. The number of nitrogens with zero attached hydrogens (tertiary/aromatic N) is 1. The number of hydrogen-bond donors (Lipinski definition) is 2. The molecule has 1 aromatic carbocycles. The van der Waals surface area contributed by atoms with E-state index in [2.05, 4.69) is 15.3 Å². The number of ether oxygens (including phenoxy) is 1. The van der Waals surface area contributed by atoms with Gasteiger partial charge in [-0.05, 0) is 38.5 Å². The van der Waals surface area contributed by atoms with Gasteiger partial charge in [0.2, 0.25) is 0 Å². The van der Waals surface area contributed by atoms with Gasteiger partial charge in [0, 0.05) is 35.8 Å². The summed E-state index contributed by atoms with van der Waals surface area (Å²) in [5.41, 5.74) is 5.12. The van der Waals surface area contributed by atoms with E-state index in [0.29, 0.717) is 11.4 Å². The molecule has 0 spiro atoms. The molecule has 134 valence electrons. The van der Waals surface area contributed by atoms with Crippen LogP contribution in [-0.2, 0) is 0 Å². The van der Waals surface area contributed by atoms with Gasteiger partial charge in [0.1, 0.15) is 11.8 Å². The largest absolute Gasteiger partial charge is 0.484 e. The van der Waals surface area contributed by atoms with Crippen molar-refractivity contribution in [3.63, 3.8) is 0 Å². The molecule has 3 aromatic rings. The van der Waals surface area contributed by atoms with Crippen LogP contribution in [0.3, 0.4) is 0 Å². The fourth-order valence-corrected chi connectivity index (χ4v) is 2.95. The molecule has 1 amide bonds. The number of carbonyl (C=O) groups is 1. The van der Waals surface area contributed by atoms with Crippen LogP contribution in [0, 0.1) is 13.8 Å². The van der Waals surface area contributed by atoms with Gasteiger partial charge in [0.05, 0.1) is 0 Å². The molecular formula is C21H23N3O2. The lowest BCUT2D eigenvalue weighted by Gasteiger charge is -2.14. The van der Waals surface area contributed by atoms with Gasteiger partial charge in [-0.3, -0.25) is 9.78 Å². The number of nitrogens with one attached hydrogen (secondary N) is 2. The third-order valence-electron chi connectivity index (χ3n) is 4.20. The van der Waals surface area contributed by atoms with E-state index in [1.807, 2.05) is 69.3 Å². The van der Waals surface area contributed by atoms with E-state index in [1.165, 1.54) is 0 Å². The molecule has 2 heterocycles. The molecule has 0 saturated heterocycles. The molecule has 0 bridgehead atoms. The standard InChI is InChI=1S/C21H23N3O2/c1-13-10-17(11-14(2)23-13)18-12-19(20(24-18)21(25)22-4)26-15(3)16-8-6-5-7-9-16/h5-12,15,24H,1-4H3,(H,22,25). The highest BCUT2D eigenvalue weighted by Crippen LogP contribution is 2.31. The molecule has 1 unspecified atom stereocenters. The average Bonchev–Trinajstić information content (AvgIpc) is 3.05. The van der Waals surface area contributed by atoms with Crippen LogP contribution >= 0.6 is 0 Å². The van der Waals surface area contributed by atoms with Crippen molar-refractivity contribution < 1.29 is 9.53 Å². The third kappa shape index (κ3) is 3.77. The Morgan fingerprint density at radius 1 is 1.12 bits per heavy atom. The highest BCUT2D eigenvalue weighted by Gasteiger charge is 2.19. The van der Waals surface area contributed by atoms with Gasteiger partial charge in [0.15, 0.2) is 5.75 Å². The van der Waals surface area contributed by atoms with E-state index in [-0.39, 0.29) is 12.0 Å². The van der Waals surface area contributed by atoms with Crippen molar-refractivity contribution in [1.29, 1.82) is 0 Å². The Morgan fingerprint density at radius 3 is 2.38 bits per heavy atom. The molecule has 0 aliphatic heterocycles. The molecule has 2 aromatic heterocycles. The number of amides is 1. The first kappa shape index (κ1) is 17.7. The first-order valence-electron chi connectivity index (χ1n) is 8.60. The van der Waals surface area contributed by atoms with E-state index in [0.717, 1.165) is 28.2 Å². The summed E-state index contributed by atoms with van der Waals surface area (Å²) in [6.07, 6.45) is -0.177. The highest BCUT2D eigenvalue weighted by atomic mass is 16.5. The average molecular weight is 349 g/mol. The lowest BCUT2D eigenvalue weighted by molar-refractivity contribution is 0.0952. The molecule has 5 nitrogen and oxygen atoms in total. The summed E-state index contributed by atoms with van der Waals surface area (Å²) in [6.45, 7) is 5.87. The molecule has 26 heavy (non-hydrogen) atoms. The molecule has 3 rings (SSSR count). The summed E-state index contributed by atoms with van der Waals surface area (Å²) >= 11 is 0. The van der Waals surface area contributed by atoms with Crippen molar-refractivity contribution in [3.05, 3.63) is 71.2 Å². The zero-order chi connectivity index (χ0) is 18.7. The Hall–Kier alpha value is -3.08. The minimum atomic E-state index is -0.214. The van der Waals surface area contributed by atoms with Crippen LogP contribution in [0.4, 0.5) is 0 Å². The monoisotopic (exact) mass is 349 g/mol. The molecule has 0 radical (unpaired) electrons. The summed E-state index contributed by atoms with van der Waals surface area (Å²) in [6, 6.07) is 15.8. The van der Waals surface area contributed by atoms with Crippen LogP contribution in [0.15, 0.2) is 48.5 Å². The van der Waals surface area contributed by atoms with Gasteiger partial charge >= 0.3 is 0 Å². The minimum Gasteiger partial charge on any atom is -0.484 e. The number of pyridine rings is 1. The Labute approximate surface area is 153 Å². The Bertz CT molecular complexity index is 896. The van der Waals surface area contributed by atoms with E-state index in [1.54, 1.807) is 7.05 Å². The van der Waals surface area contributed by atoms with Gasteiger partial charge in [-0.2, -0.15) is 0 Å². The number of benzene rings is 1. The number of hydrogen-bond acceptors (Lipinski definition) is 3. The second-order valence-electron chi connectivity index (χ2n) is 6.31. The predicted octanol–water partition coefficient (Wildman–Crippen LogP) is 4.19. The van der Waals surface area contributed by atoms with Crippen LogP contribution in [0.25, 0.3) is 11.3 Å². The summed E-state index contributed by atoms with van der Waals surface area (Å²) in [5.74, 6) is 0.317. The highest BCUT2D eigenvalue weighted by molar-refractivity contribution is 5.96.